The molecule has 5 nitrogen and oxygen atoms in total. The van der Waals surface area contributed by atoms with Gasteiger partial charge in [0.2, 0.25) is 5.91 Å². The predicted molar refractivity (Wildman–Crippen MR) is 94.6 cm³/mol. The third-order valence-corrected chi connectivity index (χ3v) is 4.92. The Labute approximate surface area is 146 Å². The van der Waals surface area contributed by atoms with E-state index in [1.165, 1.54) is 0 Å². The van der Waals surface area contributed by atoms with Crippen molar-refractivity contribution in [3.8, 4) is 11.4 Å². The first kappa shape index (κ1) is 15.4. The van der Waals surface area contributed by atoms with Crippen LogP contribution in [0.2, 0.25) is 0 Å². The molecule has 0 radical (unpaired) electrons. The molecule has 0 fully saturated rings. The summed E-state index contributed by atoms with van der Waals surface area (Å²) in [6.07, 6.45) is 8.85. The number of aromatic nitrogens is 3. The number of hydrogen-bond donors (Lipinski definition) is 1. The Bertz CT molecular complexity index is 878. The van der Waals surface area contributed by atoms with Crippen molar-refractivity contribution in [2.24, 2.45) is 5.73 Å². The fourth-order valence-electron chi connectivity index (χ4n) is 3.84. The Hall–Kier alpha value is -3.08. The van der Waals surface area contributed by atoms with Gasteiger partial charge in [0.05, 0.1) is 11.4 Å². The summed E-state index contributed by atoms with van der Waals surface area (Å²) in [4.78, 5) is 24.8. The van der Waals surface area contributed by atoms with Crippen molar-refractivity contribution in [1.29, 1.82) is 0 Å². The molecule has 3 heterocycles. The molecule has 3 aromatic heterocycles. The van der Waals surface area contributed by atoms with Crippen molar-refractivity contribution in [2.75, 3.05) is 0 Å². The molecule has 1 aliphatic carbocycles. The third-order valence-electron chi connectivity index (χ3n) is 4.92. The monoisotopic (exact) mass is 330 g/mol. The zero-order valence-electron chi connectivity index (χ0n) is 13.7. The number of carbonyl (C=O) groups is 1. The Morgan fingerprint density at radius 1 is 0.920 bits per heavy atom. The molecule has 0 bridgehead atoms. The van der Waals surface area contributed by atoms with E-state index in [1.807, 2.05) is 24.3 Å². The van der Waals surface area contributed by atoms with E-state index in [4.69, 9.17) is 5.73 Å². The normalized spacial score (nSPS) is 13.9. The van der Waals surface area contributed by atoms with Crippen LogP contribution in [0, 0.1) is 0 Å². The van der Waals surface area contributed by atoms with E-state index in [9.17, 15) is 4.79 Å². The van der Waals surface area contributed by atoms with Gasteiger partial charge in [-0.1, -0.05) is 12.1 Å². The molecule has 1 amide bonds. The fraction of sp³-hybridized carbons (Fsp3) is 0.200. The van der Waals surface area contributed by atoms with Crippen LogP contribution in [0.15, 0.2) is 61.2 Å². The second kappa shape index (κ2) is 6.09. The molecule has 3 aromatic rings. The topological polar surface area (TPSA) is 81.8 Å². The molecule has 0 saturated carbocycles. The SMILES string of the molecule is NC(=O)CCC1(Cc2ccncc2)c2cccnc2-c2ncccc21. The second-order valence-electron chi connectivity index (χ2n) is 6.38. The maximum absolute atomic E-state index is 11.6. The van der Waals surface area contributed by atoms with E-state index in [0.717, 1.165) is 34.5 Å². The van der Waals surface area contributed by atoms with Crippen LogP contribution >= 0.6 is 0 Å². The maximum atomic E-state index is 11.6. The third kappa shape index (κ3) is 2.58. The molecule has 4 rings (SSSR count). The molecule has 0 aliphatic heterocycles. The summed E-state index contributed by atoms with van der Waals surface area (Å²) in [7, 11) is 0. The summed E-state index contributed by atoms with van der Waals surface area (Å²) in [5.41, 5.74) is 10.3. The molecular weight excluding hydrogens is 312 g/mol. The first-order valence-corrected chi connectivity index (χ1v) is 8.29. The summed E-state index contributed by atoms with van der Waals surface area (Å²) in [5, 5.41) is 0. The van der Waals surface area contributed by atoms with Crippen LogP contribution in [-0.4, -0.2) is 20.9 Å². The highest BCUT2D eigenvalue weighted by Gasteiger charge is 2.44. The van der Waals surface area contributed by atoms with Crippen LogP contribution in [0.25, 0.3) is 11.4 Å². The Balaban J connectivity index is 1.91. The molecule has 1 aliphatic rings. The summed E-state index contributed by atoms with van der Waals surface area (Å²) in [6.45, 7) is 0. The lowest BCUT2D eigenvalue weighted by molar-refractivity contribution is -0.118. The van der Waals surface area contributed by atoms with Gasteiger partial charge in [-0.05, 0) is 53.8 Å². The number of fused-ring (bicyclic) bond motifs is 3. The summed E-state index contributed by atoms with van der Waals surface area (Å²) < 4.78 is 0. The summed E-state index contributed by atoms with van der Waals surface area (Å²) in [6, 6.07) is 12.1. The lowest BCUT2D eigenvalue weighted by Crippen LogP contribution is -2.30. The van der Waals surface area contributed by atoms with E-state index in [2.05, 4.69) is 27.1 Å². The van der Waals surface area contributed by atoms with Crippen LogP contribution in [-0.2, 0) is 16.6 Å². The number of nitrogens with zero attached hydrogens (tertiary/aromatic N) is 3. The molecule has 0 saturated heterocycles. The second-order valence-corrected chi connectivity index (χ2v) is 6.38. The highest BCUT2D eigenvalue weighted by atomic mass is 16.1. The number of nitrogens with two attached hydrogens (primary N) is 1. The molecule has 0 atom stereocenters. The molecule has 0 unspecified atom stereocenters. The van der Waals surface area contributed by atoms with Gasteiger partial charge in [0.15, 0.2) is 0 Å². The fourth-order valence-corrected chi connectivity index (χ4v) is 3.84. The number of pyridine rings is 3. The van der Waals surface area contributed by atoms with Gasteiger partial charge in [-0.15, -0.1) is 0 Å². The number of hydrogen-bond acceptors (Lipinski definition) is 4. The Morgan fingerprint density at radius 2 is 1.52 bits per heavy atom. The maximum Gasteiger partial charge on any atom is 0.217 e. The molecular formula is C20H18N4O. The van der Waals surface area contributed by atoms with Crippen molar-refractivity contribution >= 4 is 5.91 Å². The number of rotatable bonds is 5. The van der Waals surface area contributed by atoms with Crippen molar-refractivity contribution in [3.05, 3.63) is 77.9 Å². The smallest absolute Gasteiger partial charge is 0.217 e. The molecule has 0 spiro atoms. The lowest BCUT2D eigenvalue weighted by atomic mass is 9.71. The minimum absolute atomic E-state index is 0.295. The zero-order valence-corrected chi connectivity index (χ0v) is 13.7. The van der Waals surface area contributed by atoms with Crippen molar-refractivity contribution in [2.45, 2.75) is 24.7 Å². The number of primary amides is 1. The van der Waals surface area contributed by atoms with Crippen molar-refractivity contribution in [3.63, 3.8) is 0 Å². The van der Waals surface area contributed by atoms with E-state index in [-0.39, 0.29) is 11.3 Å². The summed E-state index contributed by atoms with van der Waals surface area (Å²) in [5.74, 6) is -0.295. The van der Waals surface area contributed by atoms with Gasteiger partial charge < -0.3 is 5.73 Å². The molecule has 2 N–H and O–H groups in total. The highest BCUT2D eigenvalue weighted by Crippen LogP contribution is 2.51. The van der Waals surface area contributed by atoms with Gasteiger partial charge in [0.25, 0.3) is 0 Å². The van der Waals surface area contributed by atoms with E-state index >= 15 is 0 Å². The van der Waals surface area contributed by atoms with Gasteiger partial charge >= 0.3 is 0 Å². The van der Waals surface area contributed by atoms with E-state index in [0.29, 0.717) is 12.8 Å². The molecule has 0 aromatic carbocycles. The van der Waals surface area contributed by atoms with Gasteiger partial charge in [-0.25, -0.2) is 0 Å². The molecule has 124 valence electrons. The average Bonchev–Trinajstić information content (AvgIpc) is 2.92. The Kier molecular flexibility index (Phi) is 3.76. The molecule has 5 heteroatoms. The Morgan fingerprint density at radius 3 is 2.08 bits per heavy atom. The first-order chi connectivity index (χ1) is 12.2. The van der Waals surface area contributed by atoms with Gasteiger partial charge in [-0.2, -0.15) is 0 Å². The van der Waals surface area contributed by atoms with Crippen LogP contribution in [0.4, 0.5) is 0 Å². The lowest BCUT2D eigenvalue weighted by Gasteiger charge is -2.31. The van der Waals surface area contributed by atoms with Crippen LogP contribution in [0.3, 0.4) is 0 Å². The number of amides is 1. The van der Waals surface area contributed by atoms with E-state index in [1.54, 1.807) is 24.8 Å². The average molecular weight is 330 g/mol. The van der Waals surface area contributed by atoms with Crippen molar-refractivity contribution < 1.29 is 4.79 Å². The standard InChI is InChI=1S/C20H18N4O/c21-17(25)5-8-20(13-14-6-11-22-12-7-14)15-3-1-9-23-18(15)19-16(20)4-2-10-24-19/h1-4,6-7,9-12H,5,8,13H2,(H2,21,25). The van der Waals surface area contributed by atoms with Crippen LogP contribution in [0.1, 0.15) is 29.5 Å². The van der Waals surface area contributed by atoms with Gasteiger partial charge in [-0.3, -0.25) is 19.7 Å². The minimum Gasteiger partial charge on any atom is -0.370 e. The predicted octanol–water partition coefficient (Wildman–Crippen LogP) is 2.65. The first-order valence-electron chi connectivity index (χ1n) is 8.29. The zero-order chi connectivity index (χ0) is 17.3. The quantitative estimate of drug-likeness (QED) is 0.780. The van der Waals surface area contributed by atoms with Crippen LogP contribution in [0.5, 0.6) is 0 Å². The minimum atomic E-state index is -0.358. The highest BCUT2D eigenvalue weighted by molar-refractivity contribution is 5.77. The van der Waals surface area contributed by atoms with E-state index < -0.39 is 0 Å². The number of carbonyl (C=O) groups excluding carboxylic acids is 1. The largest absolute Gasteiger partial charge is 0.370 e. The van der Waals surface area contributed by atoms with Crippen molar-refractivity contribution in [1.82, 2.24) is 15.0 Å². The summed E-state index contributed by atoms with van der Waals surface area (Å²) >= 11 is 0. The molecule has 25 heavy (non-hydrogen) atoms. The van der Waals surface area contributed by atoms with Crippen LogP contribution < -0.4 is 5.73 Å². The van der Waals surface area contributed by atoms with Gasteiger partial charge in [0, 0.05) is 36.6 Å². The van der Waals surface area contributed by atoms with Gasteiger partial charge in [0.1, 0.15) is 0 Å².